The highest BCUT2D eigenvalue weighted by atomic mass is 16.4. The molecular weight excluding hydrogens is 320 g/mol. The van der Waals surface area contributed by atoms with Crippen LogP contribution in [0.15, 0.2) is 54.6 Å². The van der Waals surface area contributed by atoms with Crippen molar-refractivity contribution < 1.29 is 9.90 Å². The third-order valence-corrected chi connectivity index (χ3v) is 8.62. The van der Waals surface area contributed by atoms with Crippen molar-refractivity contribution in [3.63, 3.8) is 0 Å². The molecule has 0 heterocycles. The average molecular weight is 344 g/mol. The third kappa shape index (κ3) is 1.50. The van der Waals surface area contributed by atoms with Crippen LogP contribution in [0.4, 0.5) is 0 Å². The molecule has 132 valence electrons. The number of benzene rings is 2. The van der Waals surface area contributed by atoms with Crippen molar-refractivity contribution >= 4 is 16.7 Å². The number of allylic oxidation sites excluding steroid dienone is 2. The maximum atomic E-state index is 12.1. The Kier molecular flexibility index (Phi) is 2.66. The molecule has 3 fully saturated rings. The van der Waals surface area contributed by atoms with Crippen LogP contribution in [0.2, 0.25) is 0 Å². The molecule has 6 rings (SSSR count). The van der Waals surface area contributed by atoms with Gasteiger partial charge in [0.2, 0.25) is 0 Å². The summed E-state index contributed by atoms with van der Waals surface area (Å²) < 4.78 is 0. The molecule has 26 heavy (non-hydrogen) atoms. The minimum Gasteiger partial charge on any atom is -0.481 e. The van der Waals surface area contributed by atoms with E-state index in [1.165, 1.54) is 22.8 Å². The minimum atomic E-state index is -0.580. The lowest BCUT2D eigenvalue weighted by Crippen LogP contribution is -2.51. The van der Waals surface area contributed by atoms with E-state index in [1.54, 1.807) is 0 Å². The Morgan fingerprint density at radius 1 is 1.08 bits per heavy atom. The second-order valence-electron chi connectivity index (χ2n) is 9.38. The molecule has 4 bridgehead atoms. The molecule has 0 saturated heterocycles. The van der Waals surface area contributed by atoms with Gasteiger partial charge in [0.15, 0.2) is 0 Å². The zero-order chi connectivity index (χ0) is 17.7. The van der Waals surface area contributed by atoms with E-state index in [0.717, 1.165) is 12.8 Å². The SMILES string of the molecule is CC1(C(=O)O)CC2CC1C1C3C=CC(C3)C21c1ccc2ccccc2c1. The van der Waals surface area contributed by atoms with Crippen molar-refractivity contribution in [3.05, 3.63) is 60.2 Å². The molecule has 0 aliphatic heterocycles. The zero-order valence-electron chi connectivity index (χ0n) is 15.1. The average Bonchev–Trinajstić information content (AvgIpc) is 3.39. The number of carboxylic acid groups (broad SMARTS) is 1. The Morgan fingerprint density at radius 2 is 1.88 bits per heavy atom. The fourth-order valence-electron chi connectivity index (χ4n) is 7.72. The van der Waals surface area contributed by atoms with Gasteiger partial charge in [-0.25, -0.2) is 0 Å². The molecule has 2 nitrogen and oxygen atoms in total. The van der Waals surface area contributed by atoms with Crippen molar-refractivity contribution in [2.45, 2.75) is 31.6 Å². The van der Waals surface area contributed by atoms with Gasteiger partial charge < -0.3 is 5.11 Å². The molecule has 2 aromatic carbocycles. The highest BCUT2D eigenvalue weighted by Crippen LogP contribution is 2.76. The Hall–Kier alpha value is -2.09. The number of carbonyl (C=O) groups is 1. The maximum Gasteiger partial charge on any atom is 0.309 e. The minimum absolute atomic E-state index is 0.170. The molecule has 7 atom stereocenters. The predicted octanol–water partition coefficient (Wildman–Crippen LogP) is 5.03. The number of hydrogen-bond acceptors (Lipinski definition) is 1. The fourth-order valence-corrected chi connectivity index (χ4v) is 7.72. The summed E-state index contributed by atoms with van der Waals surface area (Å²) in [5, 5.41) is 12.6. The quantitative estimate of drug-likeness (QED) is 0.613. The summed E-state index contributed by atoms with van der Waals surface area (Å²) in [6, 6.07) is 15.6. The van der Waals surface area contributed by atoms with Gasteiger partial charge in [-0.05, 0) is 72.1 Å². The Bertz CT molecular complexity index is 975. The molecule has 0 amide bonds. The van der Waals surface area contributed by atoms with Gasteiger partial charge in [0, 0.05) is 5.41 Å². The number of aliphatic carboxylic acids is 1. The summed E-state index contributed by atoms with van der Waals surface area (Å²) in [5.41, 5.74) is 1.11. The molecule has 4 aliphatic rings. The molecule has 4 aliphatic carbocycles. The predicted molar refractivity (Wildman–Crippen MR) is 102 cm³/mol. The van der Waals surface area contributed by atoms with Gasteiger partial charge in [-0.3, -0.25) is 4.79 Å². The Morgan fingerprint density at radius 3 is 2.69 bits per heavy atom. The smallest absolute Gasteiger partial charge is 0.309 e. The molecule has 7 unspecified atom stereocenters. The number of rotatable bonds is 2. The van der Waals surface area contributed by atoms with Crippen LogP contribution in [0.1, 0.15) is 31.7 Å². The monoisotopic (exact) mass is 344 g/mol. The van der Waals surface area contributed by atoms with Crippen molar-refractivity contribution in [1.82, 2.24) is 0 Å². The van der Waals surface area contributed by atoms with Gasteiger partial charge in [0.05, 0.1) is 5.41 Å². The van der Waals surface area contributed by atoms with E-state index in [0.29, 0.717) is 29.6 Å². The van der Waals surface area contributed by atoms with Crippen LogP contribution in [0.5, 0.6) is 0 Å². The van der Waals surface area contributed by atoms with Crippen molar-refractivity contribution in [2.75, 3.05) is 0 Å². The molecule has 0 spiro atoms. The van der Waals surface area contributed by atoms with E-state index >= 15 is 0 Å². The molecule has 0 radical (unpaired) electrons. The standard InChI is InChI=1S/C24H24O2/c1-23(22(25)26)13-19-12-20(23)21-16-7-9-18(11-16)24(19,21)17-8-6-14-4-2-3-5-15(14)10-17/h2-10,16,18-21H,11-13H2,1H3,(H,25,26). The van der Waals surface area contributed by atoms with Crippen LogP contribution in [-0.2, 0) is 10.2 Å². The van der Waals surface area contributed by atoms with Gasteiger partial charge in [0.25, 0.3) is 0 Å². The first-order valence-electron chi connectivity index (χ1n) is 9.96. The highest BCUT2D eigenvalue weighted by molar-refractivity contribution is 5.83. The molecule has 3 saturated carbocycles. The zero-order valence-corrected chi connectivity index (χ0v) is 15.1. The summed E-state index contributed by atoms with van der Waals surface area (Å²) in [6.45, 7) is 2.01. The number of fused-ring (bicyclic) bond motifs is 10. The van der Waals surface area contributed by atoms with Crippen LogP contribution in [-0.4, -0.2) is 11.1 Å². The Labute approximate surface area is 153 Å². The molecule has 2 heteroatoms. The van der Waals surface area contributed by atoms with Crippen LogP contribution >= 0.6 is 0 Å². The van der Waals surface area contributed by atoms with Crippen molar-refractivity contribution in [1.29, 1.82) is 0 Å². The lowest BCUT2D eigenvalue weighted by atomic mass is 9.52. The first kappa shape index (κ1) is 15.0. The van der Waals surface area contributed by atoms with E-state index in [-0.39, 0.29) is 5.41 Å². The van der Waals surface area contributed by atoms with E-state index in [1.807, 2.05) is 6.92 Å². The van der Waals surface area contributed by atoms with Crippen LogP contribution in [0.25, 0.3) is 10.8 Å². The summed E-state index contributed by atoms with van der Waals surface area (Å²) in [4.78, 5) is 12.1. The van der Waals surface area contributed by atoms with Gasteiger partial charge in [0.1, 0.15) is 0 Å². The summed E-state index contributed by atoms with van der Waals surface area (Å²) >= 11 is 0. The maximum absolute atomic E-state index is 12.1. The van der Waals surface area contributed by atoms with Crippen LogP contribution < -0.4 is 0 Å². The molecule has 0 aromatic heterocycles. The van der Waals surface area contributed by atoms with Crippen molar-refractivity contribution in [3.8, 4) is 0 Å². The normalized spacial score (nSPS) is 44.7. The highest BCUT2D eigenvalue weighted by Gasteiger charge is 2.74. The largest absolute Gasteiger partial charge is 0.481 e. The third-order valence-electron chi connectivity index (χ3n) is 8.62. The number of hydrogen-bond donors (Lipinski definition) is 1. The van der Waals surface area contributed by atoms with E-state index in [2.05, 4.69) is 54.6 Å². The van der Waals surface area contributed by atoms with Gasteiger partial charge in [-0.1, -0.05) is 54.6 Å². The molecule has 2 aromatic rings. The lowest BCUT2D eigenvalue weighted by Gasteiger charge is -2.50. The number of carboxylic acids is 1. The van der Waals surface area contributed by atoms with E-state index in [9.17, 15) is 9.90 Å². The van der Waals surface area contributed by atoms with Gasteiger partial charge in [-0.2, -0.15) is 0 Å². The van der Waals surface area contributed by atoms with Crippen LogP contribution in [0.3, 0.4) is 0 Å². The van der Waals surface area contributed by atoms with Gasteiger partial charge >= 0.3 is 5.97 Å². The summed E-state index contributed by atoms with van der Waals surface area (Å²) in [7, 11) is 0. The lowest BCUT2D eigenvalue weighted by molar-refractivity contribution is -0.154. The second kappa shape index (κ2) is 4.60. The van der Waals surface area contributed by atoms with Gasteiger partial charge in [-0.15, -0.1) is 0 Å². The Balaban J connectivity index is 1.56. The summed E-state index contributed by atoms with van der Waals surface area (Å²) in [6.07, 6.45) is 8.01. The molecule has 1 N–H and O–H groups in total. The summed E-state index contributed by atoms with van der Waals surface area (Å²) in [5.74, 6) is 1.89. The first-order valence-corrected chi connectivity index (χ1v) is 9.96. The van der Waals surface area contributed by atoms with E-state index in [4.69, 9.17) is 0 Å². The van der Waals surface area contributed by atoms with Crippen molar-refractivity contribution in [2.24, 2.45) is 35.0 Å². The van der Waals surface area contributed by atoms with Crippen LogP contribution in [0, 0.1) is 35.0 Å². The molecular formula is C24H24O2. The van der Waals surface area contributed by atoms with E-state index < -0.39 is 11.4 Å². The second-order valence-corrected chi connectivity index (χ2v) is 9.38. The first-order chi connectivity index (χ1) is 12.5. The fraction of sp³-hybridized carbons (Fsp3) is 0.458. The topological polar surface area (TPSA) is 37.3 Å².